The highest BCUT2D eigenvalue weighted by Crippen LogP contribution is 2.29. The van der Waals surface area contributed by atoms with Crippen molar-refractivity contribution in [2.75, 3.05) is 13.1 Å². The summed E-state index contributed by atoms with van der Waals surface area (Å²) >= 11 is 13.6. The fourth-order valence-corrected chi connectivity index (χ4v) is 3.48. The molecular weight excluding hydrogens is 327 g/mol. The van der Waals surface area contributed by atoms with Crippen molar-refractivity contribution in [1.82, 2.24) is 9.88 Å². The molecule has 0 spiro atoms. The highest BCUT2D eigenvalue weighted by atomic mass is 35.5. The molecule has 2 heterocycles. The lowest BCUT2D eigenvalue weighted by Crippen LogP contribution is -2.26. The van der Waals surface area contributed by atoms with E-state index in [1.54, 1.807) is 17.4 Å². The molecule has 1 saturated heterocycles. The predicted octanol–water partition coefficient (Wildman–Crippen LogP) is 4.28. The maximum absolute atomic E-state index is 11.6. The van der Waals surface area contributed by atoms with E-state index in [2.05, 4.69) is 4.98 Å². The molecule has 3 nitrogen and oxygen atoms in total. The van der Waals surface area contributed by atoms with Gasteiger partial charge in [0.1, 0.15) is 0 Å². The second-order valence-corrected chi connectivity index (χ2v) is 6.75. The molecule has 0 saturated carbocycles. The van der Waals surface area contributed by atoms with Crippen LogP contribution in [0.15, 0.2) is 23.6 Å². The summed E-state index contributed by atoms with van der Waals surface area (Å²) < 4.78 is 0. The molecule has 1 aromatic carbocycles. The Bertz CT molecular complexity index is 671. The summed E-state index contributed by atoms with van der Waals surface area (Å²) in [6.45, 7) is 1.64. The third-order valence-corrected chi connectivity index (χ3v) is 5.18. The molecule has 1 amide bonds. The zero-order valence-corrected chi connectivity index (χ0v) is 13.6. The lowest BCUT2D eigenvalue weighted by molar-refractivity contribution is -0.127. The van der Waals surface area contributed by atoms with E-state index in [1.807, 2.05) is 22.4 Å². The summed E-state index contributed by atoms with van der Waals surface area (Å²) in [5.41, 5.74) is 1.87. The van der Waals surface area contributed by atoms with E-state index in [9.17, 15) is 4.79 Å². The zero-order chi connectivity index (χ0) is 14.8. The van der Waals surface area contributed by atoms with Crippen LogP contribution in [0.3, 0.4) is 0 Å². The molecule has 0 aliphatic carbocycles. The Morgan fingerprint density at radius 2 is 2.14 bits per heavy atom. The van der Waals surface area contributed by atoms with Gasteiger partial charge >= 0.3 is 0 Å². The first-order chi connectivity index (χ1) is 10.1. The van der Waals surface area contributed by atoms with E-state index >= 15 is 0 Å². The minimum atomic E-state index is 0.260. The molecule has 1 fully saturated rings. The van der Waals surface area contributed by atoms with E-state index in [0.717, 1.165) is 42.2 Å². The van der Waals surface area contributed by atoms with Gasteiger partial charge in [-0.2, -0.15) is 0 Å². The highest BCUT2D eigenvalue weighted by molar-refractivity contribution is 7.09. The first-order valence-corrected chi connectivity index (χ1v) is 8.44. The van der Waals surface area contributed by atoms with Gasteiger partial charge in [-0.05, 0) is 18.6 Å². The number of carbonyl (C=O) groups excluding carboxylic acids is 1. The number of carbonyl (C=O) groups is 1. The van der Waals surface area contributed by atoms with Crippen LogP contribution in [0.25, 0.3) is 11.3 Å². The summed E-state index contributed by atoms with van der Waals surface area (Å²) in [6, 6.07) is 5.52. The molecule has 6 heteroatoms. The van der Waals surface area contributed by atoms with Crippen molar-refractivity contribution in [3.8, 4) is 11.3 Å². The fourth-order valence-electron chi connectivity index (χ4n) is 2.38. The molecule has 0 N–H and O–H groups in total. The first kappa shape index (κ1) is 14.8. The van der Waals surface area contributed by atoms with E-state index < -0.39 is 0 Å². The third kappa shape index (κ3) is 3.39. The van der Waals surface area contributed by atoms with Crippen LogP contribution in [0.2, 0.25) is 10.0 Å². The quantitative estimate of drug-likeness (QED) is 0.832. The van der Waals surface area contributed by atoms with Crippen molar-refractivity contribution in [2.24, 2.45) is 0 Å². The monoisotopic (exact) mass is 340 g/mol. The first-order valence-electron chi connectivity index (χ1n) is 6.81. The number of likely N-dealkylation sites (tertiary alicyclic amines) is 1. The van der Waals surface area contributed by atoms with Crippen LogP contribution >= 0.6 is 34.5 Å². The Balaban J connectivity index is 1.68. The summed E-state index contributed by atoms with van der Waals surface area (Å²) in [5, 5.41) is 4.13. The van der Waals surface area contributed by atoms with Crippen molar-refractivity contribution in [2.45, 2.75) is 19.3 Å². The molecule has 1 aliphatic rings. The van der Waals surface area contributed by atoms with E-state index in [0.29, 0.717) is 16.5 Å². The Kier molecular flexibility index (Phi) is 4.48. The lowest BCUT2D eigenvalue weighted by atomic mass is 10.2. The molecule has 0 radical (unpaired) electrons. The van der Waals surface area contributed by atoms with Gasteiger partial charge in [-0.3, -0.25) is 4.79 Å². The SMILES string of the molecule is O=C1CCCN1CCc1nc(-c2ccc(Cl)c(Cl)c2)cs1. The van der Waals surface area contributed by atoms with Crippen LogP contribution in [0.5, 0.6) is 0 Å². The average Bonchev–Trinajstić information content (AvgIpc) is 3.09. The highest BCUT2D eigenvalue weighted by Gasteiger charge is 2.19. The van der Waals surface area contributed by atoms with Crippen LogP contribution < -0.4 is 0 Å². The summed E-state index contributed by atoms with van der Waals surface area (Å²) in [6.07, 6.45) is 2.47. The minimum Gasteiger partial charge on any atom is -0.342 e. The van der Waals surface area contributed by atoms with Crippen LogP contribution in [0.4, 0.5) is 0 Å². The number of thiazole rings is 1. The van der Waals surface area contributed by atoms with Gasteiger partial charge in [-0.25, -0.2) is 4.98 Å². The second-order valence-electron chi connectivity index (χ2n) is 4.99. The molecular formula is C15H14Cl2N2OS. The number of benzene rings is 1. The Morgan fingerprint density at radius 1 is 1.29 bits per heavy atom. The van der Waals surface area contributed by atoms with Gasteiger partial charge in [-0.1, -0.05) is 29.3 Å². The maximum atomic E-state index is 11.6. The van der Waals surface area contributed by atoms with E-state index in [1.165, 1.54) is 0 Å². The average molecular weight is 341 g/mol. The van der Waals surface area contributed by atoms with Gasteiger partial charge in [0.25, 0.3) is 0 Å². The Hall–Kier alpha value is -1.10. The van der Waals surface area contributed by atoms with E-state index in [4.69, 9.17) is 23.2 Å². The number of nitrogens with zero attached hydrogens (tertiary/aromatic N) is 2. The van der Waals surface area contributed by atoms with Gasteiger partial charge in [0, 0.05) is 36.9 Å². The third-order valence-electron chi connectivity index (χ3n) is 3.53. The van der Waals surface area contributed by atoms with Crippen LogP contribution in [-0.4, -0.2) is 28.9 Å². The molecule has 0 atom stereocenters. The smallest absolute Gasteiger partial charge is 0.222 e. The molecule has 0 bridgehead atoms. The number of hydrogen-bond acceptors (Lipinski definition) is 3. The molecule has 0 unspecified atom stereocenters. The molecule has 3 rings (SSSR count). The van der Waals surface area contributed by atoms with Crippen molar-refractivity contribution in [3.63, 3.8) is 0 Å². The minimum absolute atomic E-state index is 0.260. The van der Waals surface area contributed by atoms with Crippen LogP contribution in [0.1, 0.15) is 17.8 Å². The van der Waals surface area contributed by atoms with Crippen molar-refractivity contribution < 1.29 is 4.79 Å². The molecule has 21 heavy (non-hydrogen) atoms. The summed E-state index contributed by atoms with van der Waals surface area (Å²) in [4.78, 5) is 18.1. The van der Waals surface area contributed by atoms with Gasteiger partial charge in [0.05, 0.1) is 20.7 Å². The van der Waals surface area contributed by atoms with Gasteiger partial charge in [0.2, 0.25) is 5.91 Å². The number of aromatic nitrogens is 1. The fraction of sp³-hybridized carbons (Fsp3) is 0.333. The van der Waals surface area contributed by atoms with Crippen molar-refractivity contribution in [1.29, 1.82) is 0 Å². The van der Waals surface area contributed by atoms with E-state index in [-0.39, 0.29) is 5.91 Å². The largest absolute Gasteiger partial charge is 0.342 e. The summed E-state index contributed by atoms with van der Waals surface area (Å²) in [5.74, 6) is 0.260. The zero-order valence-electron chi connectivity index (χ0n) is 11.3. The number of halogens is 2. The number of amides is 1. The number of hydrogen-bond donors (Lipinski definition) is 0. The van der Waals surface area contributed by atoms with Gasteiger partial charge < -0.3 is 4.90 Å². The topological polar surface area (TPSA) is 33.2 Å². The number of rotatable bonds is 4. The Labute approximate surface area is 137 Å². The lowest BCUT2D eigenvalue weighted by Gasteiger charge is -2.13. The standard InChI is InChI=1S/C15H14Cl2N2OS/c16-11-4-3-10(8-12(11)17)13-9-21-14(18-13)5-7-19-6-1-2-15(19)20/h3-4,8-9H,1-2,5-7H2. The maximum Gasteiger partial charge on any atom is 0.222 e. The van der Waals surface area contributed by atoms with Gasteiger partial charge in [-0.15, -0.1) is 11.3 Å². The molecule has 1 aromatic heterocycles. The predicted molar refractivity (Wildman–Crippen MR) is 87.1 cm³/mol. The van der Waals surface area contributed by atoms with Crippen LogP contribution in [-0.2, 0) is 11.2 Å². The van der Waals surface area contributed by atoms with Gasteiger partial charge in [0.15, 0.2) is 0 Å². The normalized spacial score (nSPS) is 15.0. The molecule has 110 valence electrons. The molecule has 1 aliphatic heterocycles. The summed E-state index contributed by atoms with van der Waals surface area (Å²) in [7, 11) is 0. The van der Waals surface area contributed by atoms with Crippen molar-refractivity contribution in [3.05, 3.63) is 38.6 Å². The van der Waals surface area contributed by atoms with Crippen molar-refractivity contribution >= 4 is 40.4 Å². The Morgan fingerprint density at radius 3 is 2.86 bits per heavy atom. The van der Waals surface area contributed by atoms with Crippen LogP contribution in [0, 0.1) is 0 Å². The molecule has 2 aromatic rings. The second kappa shape index (κ2) is 6.34.